The van der Waals surface area contributed by atoms with Crippen LogP contribution in [0.3, 0.4) is 0 Å². The second-order valence-corrected chi connectivity index (χ2v) is 5.25. The van der Waals surface area contributed by atoms with E-state index in [2.05, 4.69) is 15.6 Å². The highest BCUT2D eigenvalue weighted by atomic mass is 16.4. The summed E-state index contributed by atoms with van der Waals surface area (Å²) in [6, 6.07) is 0. The third kappa shape index (κ3) is 3.34. The zero-order valence-electron chi connectivity index (χ0n) is 11.5. The summed E-state index contributed by atoms with van der Waals surface area (Å²) in [4.78, 5) is 23.4. The number of carboxylic acids is 1. The molecular formula is C13H20N4O3. The number of carbonyl (C=O) groups is 2. The van der Waals surface area contributed by atoms with E-state index in [1.165, 1.54) is 0 Å². The number of carboxylic acid groups (broad SMARTS) is 1. The van der Waals surface area contributed by atoms with Crippen molar-refractivity contribution in [2.45, 2.75) is 32.7 Å². The van der Waals surface area contributed by atoms with Crippen LogP contribution in [0.2, 0.25) is 0 Å². The summed E-state index contributed by atoms with van der Waals surface area (Å²) in [5.74, 6) is -1.65. The molecule has 1 heterocycles. The molecule has 2 rings (SSSR count). The third-order valence-corrected chi connectivity index (χ3v) is 4.00. The Labute approximate surface area is 117 Å². The Morgan fingerprint density at radius 3 is 2.75 bits per heavy atom. The molecule has 1 amide bonds. The molecule has 1 aromatic heterocycles. The van der Waals surface area contributed by atoms with E-state index < -0.39 is 17.8 Å². The highest BCUT2D eigenvalue weighted by Crippen LogP contribution is 2.38. The Morgan fingerprint density at radius 2 is 2.15 bits per heavy atom. The molecule has 7 nitrogen and oxygen atoms in total. The summed E-state index contributed by atoms with van der Waals surface area (Å²) in [5, 5.41) is 19.5. The Hall–Kier alpha value is -1.92. The quantitative estimate of drug-likeness (QED) is 0.792. The minimum atomic E-state index is -0.864. The van der Waals surface area contributed by atoms with E-state index in [9.17, 15) is 14.7 Å². The van der Waals surface area contributed by atoms with Crippen molar-refractivity contribution in [3.63, 3.8) is 0 Å². The third-order valence-electron chi connectivity index (χ3n) is 4.00. The lowest BCUT2D eigenvalue weighted by Crippen LogP contribution is -2.36. The first kappa shape index (κ1) is 14.5. The smallest absolute Gasteiger partial charge is 0.307 e. The molecule has 20 heavy (non-hydrogen) atoms. The highest BCUT2D eigenvalue weighted by molar-refractivity contribution is 5.85. The van der Waals surface area contributed by atoms with Gasteiger partial charge in [-0.05, 0) is 18.8 Å². The molecule has 0 bridgehead atoms. The molecule has 0 aromatic carbocycles. The summed E-state index contributed by atoms with van der Waals surface area (Å²) in [7, 11) is 0. The number of aliphatic carboxylic acids is 1. The lowest BCUT2D eigenvalue weighted by molar-refractivity contribution is -0.146. The van der Waals surface area contributed by atoms with Crippen LogP contribution in [-0.2, 0) is 16.1 Å². The molecule has 1 aromatic rings. The largest absolute Gasteiger partial charge is 0.481 e. The van der Waals surface area contributed by atoms with Gasteiger partial charge in [0.05, 0.1) is 24.6 Å². The second-order valence-electron chi connectivity index (χ2n) is 5.25. The maximum absolute atomic E-state index is 12.1. The Bertz CT molecular complexity index is 460. The van der Waals surface area contributed by atoms with Gasteiger partial charge in [0.2, 0.25) is 5.91 Å². The first-order chi connectivity index (χ1) is 9.61. The maximum atomic E-state index is 12.1. The van der Waals surface area contributed by atoms with Crippen LogP contribution >= 0.6 is 0 Å². The first-order valence-electron chi connectivity index (χ1n) is 6.96. The van der Waals surface area contributed by atoms with Crippen molar-refractivity contribution in [2.24, 2.45) is 17.8 Å². The first-order valence-corrected chi connectivity index (χ1v) is 6.96. The van der Waals surface area contributed by atoms with Crippen molar-refractivity contribution in [2.75, 3.05) is 6.54 Å². The fourth-order valence-corrected chi connectivity index (χ4v) is 2.82. The number of hydrogen-bond donors (Lipinski definition) is 2. The molecular weight excluding hydrogens is 260 g/mol. The average Bonchev–Trinajstić information content (AvgIpc) is 3.07. The second kappa shape index (κ2) is 6.49. The fourth-order valence-electron chi connectivity index (χ4n) is 2.82. The van der Waals surface area contributed by atoms with Crippen molar-refractivity contribution in [1.82, 2.24) is 20.3 Å². The van der Waals surface area contributed by atoms with Gasteiger partial charge < -0.3 is 10.4 Å². The predicted molar refractivity (Wildman–Crippen MR) is 70.7 cm³/mol. The molecule has 3 atom stereocenters. The van der Waals surface area contributed by atoms with Crippen molar-refractivity contribution in [1.29, 1.82) is 0 Å². The van der Waals surface area contributed by atoms with Crippen LogP contribution in [0.5, 0.6) is 0 Å². The van der Waals surface area contributed by atoms with Gasteiger partial charge in [0.25, 0.3) is 0 Å². The molecule has 0 spiro atoms. The number of nitrogens with one attached hydrogen (secondary N) is 1. The van der Waals surface area contributed by atoms with Gasteiger partial charge in [-0.1, -0.05) is 18.6 Å². The SMILES string of the molecule is CCC1C[C@H](C(=O)NCCn2ccnn2)[C@H](C(=O)O)C1. The molecule has 1 aliphatic rings. The van der Waals surface area contributed by atoms with E-state index in [1.54, 1.807) is 17.1 Å². The van der Waals surface area contributed by atoms with Gasteiger partial charge in [-0.3, -0.25) is 14.3 Å². The van der Waals surface area contributed by atoms with Gasteiger partial charge in [-0.25, -0.2) is 0 Å². The summed E-state index contributed by atoms with van der Waals surface area (Å²) >= 11 is 0. The lowest BCUT2D eigenvalue weighted by Gasteiger charge is -2.15. The summed E-state index contributed by atoms with van der Waals surface area (Å²) in [6.07, 6.45) is 5.49. The van der Waals surface area contributed by atoms with Gasteiger partial charge in [-0.15, -0.1) is 5.10 Å². The fraction of sp³-hybridized carbons (Fsp3) is 0.692. The number of amides is 1. The maximum Gasteiger partial charge on any atom is 0.307 e. The van der Waals surface area contributed by atoms with Gasteiger partial charge in [-0.2, -0.15) is 0 Å². The number of carbonyl (C=O) groups excluding carboxylic acids is 1. The van der Waals surface area contributed by atoms with E-state index in [0.717, 1.165) is 6.42 Å². The summed E-state index contributed by atoms with van der Waals surface area (Å²) < 4.78 is 1.62. The number of nitrogens with zero attached hydrogens (tertiary/aromatic N) is 3. The van der Waals surface area contributed by atoms with E-state index in [-0.39, 0.29) is 5.91 Å². The molecule has 1 aliphatic carbocycles. The zero-order valence-corrected chi connectivity index (χ0v) is 11.5. The lowest BCUT2D eigenvalue weighted by atomic mass is 9.95. The minimum absolute atomic E-state index is 0.159. The average molecular weight is 280 g/mol. The van der Waals surface area contributed by atoms with Gasteiger partial charge in [0.15, 0.2) is 0 Å². The molecule has 1 unspecified atom stereocenters. The zero-order chi connectivity index (χ0) is 14.5. The molecule has 7 heteroatoms. The van der Waals surface area contributed by atoms with Crippen molar-refractivity contribution >= 4 is 11.9 Å². The van der Waals surface area contributed by atoms with Gasteiger partial charge in [0, 0.05) is 12.7 Å². The van der Waals surface area contributed by atoms with E-state index >= 15 is 0 Å². The van der Waals surface area contributed by atoms with Crippen LogP contribution in [0.15, 0.2) is 12.4 Å². The van der Waals surface area contributed by atoms with E-state index in [0.29, 0.717) is 31.8 Å². The topological polar surface area (TPSA) is 97.1 Å². The number of aromatic nitrogens is 3. The molecule has 0 aliphatic heterocycles. The standard InChI is InChI=1S/C13H20N4O3/c1-2-9-7-10(11(8-9)13(19)20)12(18)14-3-5-17-6-4-15-16-17/h4,6,9-11H,2-3,5,7-8H2,1H3,(H,14,18)(H,19,20)/t9?,10-,11+/m0/s1. The van der Waals surface area contributed by atoms with E-state index in [1.807, 2.05) is 6.92 Å². The van der Waals surface area contributed by atoms with Crippen molar-refractivity contribution < 1.29 is 14.7 Å². The highest BCUT2D eigenvalue weighted by Gasteiger charge is 2.41. The van der Waals surface area contributed by atoms with Crippen LogP contribution in [0.4, 0.5) is 0 Å². The van der Waals surface area contributed by atoms with E-state index in [4.69, 9.17) is 0 Å². The minimum Gasteiger partial charge on any atom is -0.481 e. The van der Waals surface area contributed by atoms with Crippen molar-refractivity contribution in [3.8, 4) is 0 Å². The van der Waals surface area contributed by atoms with Crippen LogP contribution in [0.1, 0.15) is 26.2 Å². The molecule has 0 radical (unpaired) electrons. The number of rotatable bonds is 6. The number of hydrogen-bond acceptors (Lipinski definition) is 4. The Morgan fingerprint density at radius 1 is 1.40 bits per heavy atom. The Balaban J connectivity index is 1.85. The van der Waals surface area contributed by atoms with Crippen LogP contribution in [-0.4, -0.2) is 38.5 Å². The summed E-state index contributed by atoms with van der Waals surface area (Å²) in [6.45, 7) is 3.00. The molecule has 2 N–H and O–H groups in total. The molecule has 0 saturated heterocycles. The van der Waals surface area contributed by atoms with Crippen LogP contribution in [0, 0.1) is 17.8 Å². The monoisotopic (exact) mass is 280 g/mol. The Kier molecular flexibility index (Phi) is 4.70. The van der Waals surface area contributed by atoms with Crippen LogP contribution in [0.25, 0.3) is 0 Å². The normalized spacial score (nSPS) is 25.6. The van der Waals surface area contributed by atoms with Gasteiger partial charge >= 0.3 is 5.97 Å². The van der Waals surface area contributed by atoms with Crippen molar-refractivity contribution in [3.05, 3.63) is 12.4 Å². The predicted octanol–water partition coefficient (Wildman–Crippen LogP) is 0.531. The summed E-state index contributed by atoms with van der Waals surface area (Å²) in [5.41, 5.74) is 0. The molecule has 1 fully saturated rings. The van der Waals surface area contributed by atoms with Crippen LogP contribution < -0.4 is 5.32 Å². The molecule has 110 valence electrons. The van der Waals surface area contributed by atoms with Gasteiger partial charge in [0.1, 0.15) is 0 Å². The molecule has 1 saturated carbocycles.